The van der Waals surface area contributed by atoms with E-state index < -0.39 is 11.9 Å². The number of hydrogen-bond acceptors (Lipinski definition) is 5. The van der Waals surface area contributed by atoms with Gasteiger partial charge < -0.3 is 20.0 Å². The predicted molar refractivity (Wildman–Crippen MR) is 131 cm³/mol. The molecule has 3 aromatic rings. The number of benzene rings is 2. The number of hydrogen-bond donors (Lipinski definition) is 2. The fourth-order valence-electron chi connectivity index (χ4n) is 3.80. The van der Waals surface area contributed by atoms with Crippen molar-refractivity contribution in [1.29, 1.82) is 0 Å². The minimum Gasteiger partial charge on any atom is -0.473 e. The van der Waals surface area contributed by atoms with Crippen LogP contribution in [0.25, 0.3) is 22.4 Å². The number of rotatable bonds is 4. The van der Waals surface area contributed by atoms with Gasteiger partial charge in [-0.05, 0) is 42.1 Å². The number of piperazine rings is 1. The van der Waals surface area contributed by atoms with Crippen LogP contribution in [0.5, 0.6) is 0 Å². The SMILES string of the molecule is CCN1CCN(c2nc(/C=C(\C)c3ccccc3)cc3ccccc23)CC1.O=C(O)C(=O)O. The molecule has 0 radical (unpaired) electrons. The van der Waals surface area contributed by atoms with Crippen LogP contribution in [-0.2, 0) is 9.59 Å². The maximum atomic E-state index is 9.10. The summed E-state index contributed by atoms with van der Waals surface area (Å²) in [6.45, 7) is 9.81. The second kappa shape index (κ2) is 11.2. The normalized spacial score (nSPS) is 14.5. The van der Waals surface area contributed by atoms with E-state index in [1.54, 1.807) is 0 Å². The van der Waals surface area contributed by atoms with E-state index in [1.807, 2.05) is 0 Å². The Morgan fingerprint density at radius 1 is 0.939 bits per heavy atom. The number of fused-ring (bicyclic) bond motifs is 1. The summed E-state index contributed by atoms with van der Waals surface area (Å²) in [6.07, 6.45) is 2.20. The first-order chi connectivity index (χ1) is 15.9. The Balaban J connectivity index is 0.000000454. The van der Waals surface area contributed by atoms with Crippen molar-refractivity contribution in [2.24, 2.45) is 0 Å². The van der Waals surface area contributed by atoms with E-state index in [4.69, 9.17) is 24.8 Å². The Hall–Kier alpha value is -3.71. The summed E-state index contributed by atoms with van der Waals surface area (Å²) in [7, 11) is 0. The van der Waals surface area contributed by atoms with E-state index >= 15 is 0 Å². The van der Waals surface area contributed by atoms with Crippen molar-refractivity contribution in [1.82, 2.24) is 9.88 Å². The van der Waals surface area contributed by atoms with Crippen LogP contribution in [0, 0.1) is 0 Å². The number of aromatic nitrogens is 1. The van der Waals surface area contributed by atoms with Crippen molar-refractivity contribution < 1.29 is 19.8 Å². The summed E-state index contributed by atoms with van der Waals surface area (Å²) >= 11 is 0. The maximum absolute atomic E-state index is 9.10. The molecule has 0 aliphatic carbocycles. The lowest BCUT2D eigenvalue weighted by Gasteiger charge is -2.35. The number of anilines is 1. The molecule has 0 amide bonds. The van der Waals surface area contributed by atoms with Gasteiger partial charge in [0.2, 0.25) is 0 Å². The number of pyridine rings is 1. The third kappa shape index (κ3) is 6.40. The van der Waals surface area contributed by atoms with E-state index in [2.05, 4.69) is 90.4 Å². The van der Waals surface area contributed by atoms with E-state index in [9.17, 15) is 0 Å². The molecule has 1 aliphatic heterocycles. The molecule has 4 rings (SSSR count). The quantitative estimate of drug-likeness (QED) is 0.582. The number of carboxylic acid groups (broad SMARTS) is 2. The lowest BCUT2D eigenvalue weighted by molar-refractivity contribution is -0.159. The van der Waals surface area contributed by atoms with Crippen molar-refractivity contribution in [3.05, 3.63) is 71.9 Å². The summed E-state index contributed by atoms with van der Waals surface area (Å²) < 4.78 is 0. The molecule has 2 heterocycles. The Labute approximate surface area is 193 Å². The second-order valence-corrected chi connectivity index (χ2v) is 7.82. The Bertz CT molecular complexity index is 1120. The van der Waals surface area contributed by atoms with E-state index in [-0.39, 0.29) is 0 Å². The molecule has 0 saturated carbocycles. The van der Waals surface area contributed by atoms with Crippen LogP contribution in [0.15, 0.2) is 60.7 Å². The molecule has 0 spiro atoms. The number of allylic oxidation sites excluding steroid dienone is 1. The molecule has 1 aliphatic rings. The van der Waals surface area contributed by atoms with E-state index in [1.165, 1.54) is 21.9 Å². The zero-order valence-electron chi connectivity index (χ0n) is 18.9. The standard InChI is InChI=1S/C24H27N3.C2H2O4/c1-3-26-13-15-27(16-14-26)24-23-12-8-7-11-21(23)18-22(25-24)17-19(2)20-9-5-4-6-10-20;3-1(4)2(5)6/h4-12,17-18H,3,13-16H2,1-2H3;(H,3,4)(H,5,6)/b19-17+;. The van der Waals surface area contributed by atoms with Crippen molar-refractivity contribution in [3.63, 3.8) is 0 Å². The van der Waals surface area contributed by atoms with E-state index in [0.29, 0.717) is 0 Å². The second-order valence-electron chi connectivity index (χ2n) is 7.82. The van der Waals surface area contributed by atoms with Gasteiger partial charge in [-0.15, -0.1) is 0 Å². The molecule has 0 bridgehead atoms. The summed E-state index contributed by atoms with van der Waals surface area (Å²) in [4.78, 5) is 28.2. The number of aliphatic carboxylic acids is 2. The predicted octanol–water partition coefficient (Wildman–Crippen LogP) is 4.09. The summed E-state index contributed by atoms with van der Waals surface area (Å²) in [5.41, 5.74) is 3.51. The molecule has 2 N–H and O–H groups in total. The average molecular weight is 448 g/mol. The fourth-order valence-corrected chi connectivity index (χ4v) is 3.80. The van der Waals surface area contributed by atoms with Crippen LogP contribution in [-0.4, -0.2) is 64.8 Å². The van der Waals surface area contributed by atoms with Gasteiger partial charge in [-0.2, -0.15) is 0 Å². The highest BCUT2D eigenvalue weighted by molar-refractivity contribution is 6.27. The largest absolute Gasteiger partial charge is 0.473 e. The molecular weight excluding hydrogens is 418 g/mol. The molecule has 33 heavy (non-hydrogen) atoms. The van der Waals surface area contributed by atoms with E-state index in [0.717, 1.165) is 44.2 Å². The van der Waals surface area contributed by atoms with Crippen LogP contribution >= 0.6 is 0 Å². The molecule has 7 nitrogen and oxygen atoms in total. The van der Waals surface area contributed by atoms with Crippen LogP contribution in [0.4, 0.5) is 5.82 Å². The van der Waals surface area contributed by atoms with Gasteiger partial charge in [-0.3, -0.25) is 0 Å². The molecule has 2 aromatic carbocycles. The van der Waals surface area contributed by atoms with Gasteiger partial charge in [0.25, 0.3) is 0 Å². The van der Waals surface area contributed by atoms with Crippen LogP contribution in [0.3, 0.4) is 0 Å². The first kappa shape index (κ1) is 23.9. The lowest BCUT2D eigenvalue weighted by atomic mass is 10.0. The molecule has 1 fully saturated rings. The highest BCUT2D eigenvalue weighted by Crippen LogP contribution is 2.28. The highest BCUT2D eigenvalue weighted by atomic mass is 16.4. The van der Waals surface area contributed by atoms with Gasteiger partial charge in [0.15, 0.2) is 0 Å². The minimum absolute atomic E-state index is 1.03. The first-order valence-electron chi connectivity index (χ1n) is 11.0. The number of carboxylic acids is 2. The third-order valence-electron chi connectivity index (χ3n) is 5.64. The Morgan fingerprint density at radius 2 is 1.55 bits per heavy atom. The monoisotopic (exact) mass is 447 g/mol. The number of nitrogens with zero attached hydrogens (tertiary/aromatic N) is 3. The Morgan fingerprint density at radius 3 is 2.15 bits per heavy atom. The average Bonchev–Trinajstić information content (AvgIpc) is 2.84. The van der Waals surface area contributed by atoms with Crippen molar-refractivity contribution in [2.75, 3.05) is 37.6 Å². The van der Waals surface area contributed by atoms with Crippen molar-refractivity contribution in [2.45, 2.75) is 13.8 Å². The molecule has 0 unspecified atom stereocenters. The summed E-state index contributed by atoms with van der Waals surface area (Å²) in [5.74, 6) is -2.53. The van der Waals surface area contributed by atoms with Crippen molar-refractivity contribution >= 4 is 40.2 Å². The van der Waals surface area contributed by atoms with Crippen LogP contribution in [0.2, 0.25) is 0 Å². The van der Waals surface area contributed by atoms with Gasteiger partial charge in [-0.25, -0.2) is 14.6 Å². The van der Waals surface area contributed by atoms with Crippen LogP contribution < -0.4 is 4.90 Å². The third-order valence-corrected chi connectivity index (χ3v) is 5.64. The molecular formula is C26H29N3O4. The topological polar surface area (TPSA) is 94.0 Å². The number of carbonyl (C=O) groups is 2. The zero-order chi connectivity index (χ0) is 23.8. The minimum atomic E-state index is -1.82. The number of likely N-dealkylation sites (N-methyl/N-ethyl adjacent to an activating group) is 1. The van der Waals surface area contributed by atoms with Gasteiger partial charge in [0.05, 0.1) is 5.69 Å². The Kier molecular flexibility index (Phi) is 8.16. The molecule has 172 valence electrons. The fraction of sp³-hybridized carbons (Fsp3) is 0.269. The van der Waals surface area contributed by atoms with Gasteiger partial charge in [0.1, 0.15) is 5.82 Å². The van der Waals surface area contributed by atoms with Crippen LogP contribution in [0.1, 0.15) is 25.1 Å². The molecule has 1 saturated heterocycles. The first-order valence-corrected chi connectivity index (χ1v) is 11.0. The molecule has 7 heteroatoms. The maximum Gasteiger partial charge on any atom is 0.414 e. The van der Waals surface area contributed by atoms with Gasteiger partial charge in [0, 0.05) is 31.6 Å². The van der Waals surface area contributed by atoms with Gasteiger partial charge >= 0.3 is 11.9 Å². The zero-order valence-corrected chi connectivity index (χ0v) is 18.9. The lowest BCUT2D eigenvalue weighted by Crippen LogP contribution is -2.46. The molecule has 0 atom stereocenters. The smallest absolute Gasteiger partial charge is 0.414 e. The summed E-state index contributed by atoms with van der Waals surface area (Å²) in [5, 5.41) is 17.3. The molecule has 1 aromatic heterocycles. The summed E-state index contributed by atoms with van der Waals surface area (Å²) in [6, 6.07) is 21.3. The van der Waals surface area contributed by atoms with Gasteiger partial charge in [-0.1, -0.05) is 61.5 Å². The van der Waals surface area contributed by atoms with Crippen molar-refractivity contribution in [3.8, 4) is 0 Å². The highest BCUT2D eigenvalue weighted by Gasteiger charge is 2.19.